The Morgan fingerprint density at radius 2 is 2.10 bits per heavy atom. The van der Waals surface area contributed by atoms with Crippen molar-refractivity contribution in [1.29, 1.82) is 5.26 Å². The highest BCUT2D eigenvalue weighted by molar-refractivity contribution is 9.10. The van der Waals surface area contributed by atoms with E-state index in [0.717, 1.165) is 16.9 Å². The molecule has 1 unspecified atom stereocenters. The quantitative estimate of drug-likeness (QED) is 0.813. The van der Waals surface area contributed by atoms with E-state index >= 15 is 0 Å². The molecule has 0 amide bonds. The zero-order chi connectivity index (χ0) is 14.9. The molecule has 0 aliphatic carbocycles. The lowest BCUT2D eigenvalue weighted by Gasteiger charge is -2.32. The second-order valence-corrected chi connectivity index (χ2v) is 6.34. The van der Waals surface area contributed by atoms with Crippen molar-refractivity contribution in [2.24, 2.45) is 5.41 Å². The summed E-state index contributed by atoms with van der Waals surface area (Å²) in [6, 6.07) is 14.9. The van der Waals surface area contributed by atoms with Gasteiger partial charge in [0.15, 0.2) is 0 Å². The average molecular weight is 346 g/mol. The van der Waals surface area contributed by atoms with Crippen LogP contribution in [0.5, 0.6) is 5.75 Å². The summed E-state index contributed by atoms with van der Waals surface area (Å²) in [5.74, 6) is 0.536. The van der Waals surface area contributed by atoms with Crippen LogP contribution in [0.15, 0.2) is 46.9 Å². The fraction of sp³-hybridized carbons (Fsp3) is 0.235. The van der Waals surface area contributed by atoms with Crippen molar-refractivity contribution in [3.05, 3.63) is 63.9 Å². The maximum Gasteiger partial charge on any atom is 0.124 e. The first-order valence-corrected chi connectivity index (χ1v) is 7.46. The summed E-state index contributed by atoms with van der Waals surface area (Å²) in [5, 5.41) is 9.63. The van der Waals surface area contributed by atoms with Crippen LogP contribution in [0, 0.1) is 22.6 Å². The number of ether oxygens (including phenoxy) is 1. The molecule has 1 atom stereocenters. The highest BCUT2D eigenvalue weighted by Gasteiger charge is 2.36. The third-order valence-corrected chi connectivity index (χ3v) is 4.17. The Hall–Kier alpha value is -1.86. The van der Waals surface area contributed by atoms with Gasteiger partial charge in [0, 0.05) is 4.47 Å². The van der Waals surface area contributed by atoms with Crippen molar-refractivity contribution in [1.82, 2.24) is 0 Å². The predicted molar refractivity (Wildman–Crippen MR) is 81.5 cm³/mol. The summed E-state index contributed by atoms with van der Waals surface area (Å²) in [5.41, 5.74) is 1.17. The molecule has 4 heteroatoms. The maximum atomic E-state index is 13.5. The number of nitrogens with zero attached hydrogens (tertiary/aromatic N) is 1. The molecule has 2 aromatic carbocycles. The molecule has 21 heavy (non-hydrogen) atoms. The van der Waals surface area contributed by atoms with E-state index in [0.29, 0.717) is 23.9 Å². The van der Waals surface area contributed by atoms with Crippen molar-refractivity contribution in [2.45, 2.75) is 12.8 Å². The number of para-hydroxylation sites is 1. The van der Waals surface area contributed by atoms with Gasteiger partial charge in [-0.05, 0) is 48.2 Å². The monoisotopic (exact) mass is 345 g/mol. The third-order valence-electron chi connectivity index (χ3n) is 3.71. The average Bonchev–Trinajstić information content (AvgIpc) is 2.46. The van der Waals surface area contributed by atoms with Crippen LogP contribution in [0.25, 0.3) is 0 Å². The first-order chi connectivity index (χ1) is 10.1. The number of nitriles is 1. The minimum absolute atomic E-state index is 0.301. The molecule has 0 radical (unpaired) electrons. The van der Waals surface area contributed by atoms with Crippen LogP contribution >= 0.6 is 15.9 Å². The molecular weight excluding hydrogens is 333 g/mol. The highest BCUT2D eigenvalue weighted by atomic mass is 79.9. The van der Waals surface area contributed by atoms with Crippen LogP contribution in [0.1, 0.15) is 11.1 Å². The van der Waals surface area contributed by atoms with Gasteiger partial charge in [-0.2, -0.15) is 5.26 Å². The summed E-state index contributed by atoms with van der Waals surface area (Å²) in [6.07, 6.45) is 1.09. The molecule has 0 saturated heterocycles. The molecule has 1 aliphatic heterocycles. The fourth-order valence-corrected chi connectivity index (χ4v) is 3.26. The van der Waals surface area contributed by atoms with Crippen LogP contribution in [0.4, 0.5) is 4.39 Å². The third kappa shape index (κ3) is 2.93. The topological polar surface area (TPSA) is 33.0 Å². The van der Waals surface area contributed by atoms with Crippen LogP contribution in [0.2, 0.25) is 0 Å². The number of hydrogen-bond acceptors (Lipinski definition) is 2. The highest BCUT2D eigenvalue weighted by Crippen LogP contribution is 2.37. The minimum atomic E-state index is -0.651. The van der Waals surface area contributed by atoms with Crippen molar-refractivity contribution in [3.63, 3.8) is 0 Å². The standard InChI is InChI=1S/C17H13BrFNO/c18-14-5-12(6-15(19)7-14)8-17(10-20)9-13-3-1-2-4-16(13)21-11-17/h1-7H,8-9,11H2. The first-order valence-electron chi connectivity index (χ1n) is 6.67. The molecule has 3 rings (SSSR count). The van der Waals surface area contributed by atoms with Gasteiger partial charge < -0.3 is 4.74 Å². The Balaban J connectivity index is 1.91. The van der Waals surface area contributed by atoms with Crippen molar-refractivity contribution in [3.8, 4) is 11.8 Å². The van der Waals surface area contributed by atoms with E-state index in [1.54, 1.807) is 0 Å². The van der Waals surface area contributed by atoms with Crippen LogP contribution in [0.3, 0.4) is 0 Å². The Labute approximate surface area is 131 Å². The molecule has 106 valence electrons. The Morgan fingerprint density at radius 1 is 1.29 bits per heavy atom. The summed E-state index contributed by atoms with van der Waals surface area (Å²) >= 11 is 3.29. The molecule has 0 bridgehead atoms. The number of halogens is 2. The summed E-state index contributed by atoms with van der Waals surface area (Å²) in [6.45, 7) is 0.328. The van der Waals surface area contributed by atoms with Crippen molar-refractivity contribution >= 4 is 15.9 Å². The van der Waals surface area contributed by atoms with E-state index in [4.69, 9.17) is 4.74 Å². The number of fused-ring (bicyclic) bond motifs is 1. The second kappa shape index (κ2) is 5.50. The molecule has 0 N–H and O–H groups in total. The van der Waals surface area contributed by atoms with E-state index in [-0.39, 0.29) is 5.82 Å². The van der Waals surface area contributed by atoms with Crippen LogP contribution < -0.4 is 4.74 Å². The largest absolute Gasteiger partial charge is 0.492 e. The number of benzene rings is 2. The molecule has 0 aromatic heterocycles. The Kier molecular flexibility index (Phi) is 3.69. The van der Waals surface area contributed by atoms with Gasteiger partial charge in [0.2, 0.25) is 0 Å². The Morgan fingerprint density at radius 3 is 2.86 bits per heavy atom. The van der Waals surface area contributed by atoms with Gasteiger partial charge in [-0.1, -0.05) is 34.1 Å². The molecule has 1 aliphatic rings. The molecule has 0 saturated carbocycles. The molecule has 0 spiro atoms. The van der Waals surface area contributed by atoms with Crippen LogP contribution in [-0.4, -0.2) is 6.61 Å². The maximum absolute atomic E-state index is 13.5. The molecular formula is C17H13BrFNO. The normalized spacial score (nSPS) is 20.2. The lowest BCUT2D eigenvalue weighted by atomic mass is 9.77. The SMILES string of the molecule is N#CC1(Cc2cc(F)cc(Br)c2)COc2ccccc2C1. The number of hydrogen-bond donors (Lipinski definition) is 0. The predicted octanol–water partition coefficient (Wildman–Crippen LogP) is 4.28. The zero-order valence-electron chi connectivity index (χ0n) is 11.3. The van der Waals surface area contributed by atoms with Gasteiger partial charge in [-0.25, -0.2) is 4.39 Å². The minimum Gasteiger partial charge on any atom is -0.492 e. The lowest BCUT2D eigenvalue weighted by Crippen LogP contribution is -2.35. The molecule has 2 aromatic rings. The van der Waals surface area contributed by atoms with Gasteiger partial charge in [0.25, 0.3) is 0 Å². The van der Waals surface area contributed by atoms with E-state index in [9.17, 15) is 9.65 Å². The molecule has 2 nitrogen and oxygen atoms in total. The summed E-state index contributed by atoms with van der Waals surface area (Å²) in [4.78, 5) is 0. The smallest absolute Gasteiger partial charge is 0.124 e. The summed E-state index contributed by atoms with van der Waals surface area (Å²) < 4.78 is 19.9. The first kappa shape index (κ1) is 14.1. The lowest BCUT2D eigenvalue weighted by molar-refractivity contribution is 0.169. The molecule has 0 fully saturated rings. The van der Waals surface area contributed by atoms with Gasteiger partial charge in [0.05, 0.1) is 11.5 Å². The van der Waals surface area contributed by atoms with Crippen molar-refractivity contribution < 1.29 is 9.13 Å². The zero-order valence-corrected chi connectivity index (χ0v) is 12.9. The Bertz CT molecular complexity index is 705. The fourth-order valence-electron chi connectivity index (χ4n) is 2.75. The van der Waals surface area contributed by atoms with E-state index in [1.807, 2.05) is 30.3 Å². The van der Waals surface area contributed by atoms with Crippen molar-refractivity contribution in [2.75, 3.05) is 6.61 Å². The van der Waals surface area contributed by atoms with E-state index in [2.05, 4.69) is 22.0 Å². The van der Waals surface area contributed by atoms with E-state index in [1.165, 1.54) is 12.1 Å². The van der Waals surface area contributed by atoms with Gasteiger partial charge >= 0.3 is 0 Å². The molecule has 1 heterocycles. The van der Waals surface area contributed by atoms with Crippen LogP contribution in [-0.2, 0) is 12.8 Å². The number of rotatable bonds is 2. The second-order valence-electron chi connectivity index (χ2n) is 5.42. The van der Waals surface area contributed by atoms with E-state index < -0.39 is 5.41 Å². The van der Waals surface area contributed by atoms with Gasteiger partial charge in [-0.3, -0.25) is 0 Å². The van der Waals surface area contributed by atoms with Gasteiger partial charge in [0.1, 0.15) is 18.2 Å². The van der Waals surface area contributed by atoms with Gasteiger partial charge in [-0.15, -0.1) is 0 Å². The summed E-state index contributed by atoms with van der Waals surface area (Å²) in [7, 11) is 0.